The first-order valence-electron chi connectivity index (χ1n) is 4.64. The molecule has 5 heteroatoms. The maximum atomic E-state index is 11.4. The number of carbonyl (C=O) groups is 2. The molecule has 14 heavy (non-hydrogen) atoms. The minimum absolute atomic E-state index is 0.0969. The maximum absolute atomic E-state index is 11.4. The summed E-state index contributed by atoms with van der Waals surface area (Å²) < 4.78 is 4.60. The molecule has 0 aliphatic heterocycles. The van der Waals surface area contributed by atoms with Crippen molar-refractivity contribution in [1.29, 1.82) is 0 Å². The van der Waals surface area contributed by atoms with Crippen LogP contribution < -0.4 is 5.32 Å². The molecule has 0 spiro atoms. The van der Waals surface area contributed by atoms with Crippen LogP contribution in [0, 0.1) is 0 Å². The Bertz CT molecular complexity index is 185. The van der Waals surface area contributed by atoms with E-state index in [9.17, 15) is 9.59 Å². The second-order valence-electron chi connectivity index (χ2n) is 3.04. The molecule has 5 nitrogen and oxygen atoms in total. The first-order valence-corrected chi connectivity index (χ1v) is 4.64. The van der Waals surface area contributed by atoms with Gasteiger partial charge in [0.1, 0.15) is 12.6 Å². The Morgan fingerprint density at radius 1 is 1.64 bits per heavy atom. The van der Waals surface area contributed by atoms with Crippen molar-refractivity contribution in [2.75, 3.05) is 27.2 Å². The Morgan fingerprint density at radius 2 is 2.29 bits per heavy atom. The molecule has 0 saturated heterocycles. The summed E-state index contributed by atoms with van der Waals surface area (Å²) >= 11 is 0. The van der Waals surface area contributed by atoms with Crippen molar-refractivity contribution in [2.24, 2.45) is 0 Å². The van der Waals surface area contributed by atoms with Gasteiger partial charge in [-0.1, -0.05) is 6.92 Å². The Balaban J connectivity index is 4.21. The zero-order chi connectivity index (χ0) is 11.0. The van der Waals surface area contributed by atoms with Crippen LogP contribution in [0.25, 0.3) is 0 Å². The second-order valence-corrected chi connectivity index (χ2v) is 3.04. The molecule has 0 rings (SSSR count). The lowest BCUT2D eigenvalue weighted by atomic mass is 10.2. The molecule has 1 atom stereocenters. The van der Waals surface area contributed by atoms with Crippen LogP contribution in [0.2, 0.25) is 0 Å². The predicted octanol–water partition coefficient (Wildman–Crippen LogP) is -0.384. The summed E-state index contributed by atoms with van der Waals surface area (Å²) in [5.74, 6) is -0.136. The van der Waals surface area contributed by atoms with Crippen LogP contribution in [-0.2, 0) is 14.3 Å². The van der Waals surface area contributed by atoms with E-state index < -0.39 is 6.04 Å². The molecule has 0 heterocycles. The van der Waals surface area contributed by atoms with Crippen molar-refractivity contribution in [3.63, 3.8) is 0 Å². The van der Waals surface area contributed by atoms with Gasteiger partial charge in [0.2, 0.25) is 5.91 Å². The topological polar surface area (TPSA) is 58.6 Å². The molecular formula is C9H18N2O3. The van der Waals surface area contributed by atoms with Crippen molar-refractivity contribution in [3.8, 4) is 0 Å². The lowest BCUT2D eigenvalue weighted by Gasteiger charge is -2.24. The quantitative estimate of drug-likeness (QED) is 0.571. The summed E-state index contributed by atoms with van der Waals surface area (Å²) in [4.78, 5) is 23.3. The van der Waals surface area contributed by atoms with Gasteiger partial charge in [-0.3, -0.25) is 14.5 Å². The van der Waals surface area contributed by atoms with Crippen LogP contribution in [0.1, 0.15) is 13.3 Å². The minimum Gasteiger partial charge on any atom is -0.466 e. The van der Waals surface area contributed by atoms with Gasteiger partial charge in [-0.05, 0) is 20.0 Å². The number of hydrogen-bond acceptors (Lipinski definition) is 4. The average Bonchev–Trinajstić information content (AvgIpc) is 2.18. The molecule has 0 aliphatic carbocycles. The van der Waals surface area contributed by atoms with Crippen LogP contribution in [0.4, 0.5) is 0 Å². The summed E-state index contributed by atoms with van der Waals surface area (Å²) in [7, 11) is 3.40. The number of carbonyl (C=O) groups excluding carboxylic acids is 2. The van der Waals surface area contributed by atoms with Crippen LogP contribution in [0.15, 0.2) is 0 Å². The molecule has 0 aliphatic rings. The summed E-state index contributed by atoms with van der Waals surface area (Å²) in [5, 5.41) is 2.54. The smallest absolute Gasteiger partial charge is 0.293 e. The van der Waals surface area contributed by atoms with E-state index in [-0.39, 0.29) is 12.5 Å². The molecule has 0 aromatic carbocycles. The fourth-order valence-electron chi connectivity index (χ4n) is 1.21. The van der Waals surface area contributed by atoms with E-state index in [1.54, 1.807) is 7.05 Å². The predicted molar refractivity (Wildman–Crippen MR) is 52.8 cm³/mol. The third-order valence-electron chi connectivity index (χ3n) is 1.98. The average molecular weight is 202 g/mol. The van der Waals surface area contributed by atoms with Crippen LogP contribution in [-0.4, -0.2) is 50.6 Å². The molecule has 0 aromatic rings. The number of likely N-dealkylation sites (N-methyl/N-ethyl adjacent to an activating group) is 2. The standard InChI is InChI=1S/C9H18N2O3/c1-4-5-11(3)8(6-14-7-12)9(13)10-2/h7-8H,4-6H2,1-3H3,(H,10,13). The molecule has 0 bridgehead atoms. The highest BCUT2D eigenvalue weighted by Gasteiger charge is 2.21. The Morgan fingerprint density at radius 3 is 2.71 bits per heavy atom. The Kier molecular flexibility index (Phi) is 6.74. The van der Waals surface area contributed by atoms with Gasteiger partial charge in [0.05, 0.1) is 0 Å². The minimum atomic E-state index is -0.398. The monoisotopic (exact) mass is 202 g/mol. The van der Waals surface area contributed by atoms with Gasteiger partial charge in [-0.15, -0.1) is 0 Å². The van der Waals surface area contributed by atoms with E-state index in [0.29, 0.717) is 6.47 Å². The lowest BCUT2D eigenvalue weighted by molar-refractivity contribution is -0.134. The van der Waals surface area contributed by atoms with Gasteiger partial charge >= 0.3 is 0 Å². The molecule has 0 saturated carbocycles. The number of nitrogens with zero attached hydrogens (tertiary/aromatic N) is 1. The zero-order valence-electron chi connectivity index (χ0n) is 8.95. The Labute approximate surface area is 84.4 Å². The number of hydrogen-bond donors (Lipinski definition) is 1. The van der Waals surface area contributed by atoms with Crippen molar-refractivity contribution >= 4 is 12.4 Å². The highest BCUT2D eigenvalue weighted by Crippen LogP contribution is 1.98. The number of amides is 1. The molecule has 0 radical (unpaired) electrons. The maximum Gasteiger partial charge on any atom is 0.293 e. The van der Waals surface area contributed by atoms with Crippen molar-refractivity contribution in [2.45, 2.75) is 19.4 Å². The molecule has 0 fully saturated rings. The number of nitrogens with one attached hydrogen (secondary N) is 1. The molecule has 1 N–H and O–H groups in total. The first kappa shape index (κ1) is 12.9. The largest absolute Gasteiger partial charge is 0.466 e. The van der Waals surface area contributed by atoms with E-state index in [4.69, 9.17) is 0 Å². The highest BCUT2D eigenvalue weighted by atomic mass is 16.5. The van der Waals surface area contributed by atoms with Gasteiger partial charge in [-0.25, -0.2) is 0 Å². The van der Waals surface area contributed by atoms with Crippen molar-refractivity contribution in [1.82, 2.24) is 10.2 Å². The summed E-state index contributed by atoms with van der Waals surface area (Å²) in [6.07, 6.45) is 0.949. The van der Waals surface area contributed by atoms with E-state index in [1.807, 2.05) is 18.9 Å². The van der Waals surface area contributed by atoms with Crippen LogP contribution in [0.5, 0.6) is 0 Å². The van der Waals surface area contributed by atoms with Crippen LogP contribution in [0.3, 0.4) is 0 Å². The summed E-state index contributed by atoms with van der Waals surface area (Å²) in [6.45, 7) is 3.27. The first-order chi connectivity index (χ1) is 6.67. The molecule has 82 valence electrons. The molecule has 0 aromatic heterocycles. The van der Waals surface area contributed by atoms with Gasteiger partial charge in [0.15, 0.2) is 0 Å². The van der Waals surface area contributed by atoms with E-state index >= 15 is 0 Å². The fraction of sp³-hybridized carbons (Fsp3) is 0.778. The SMILES string of the molecule is CCCN(C)C(COC=O)C(=O)NC. The van der Waals surface area contributed by atoms with E-state index in [0.717, 1.165) is 13.0 Å². The third-order valence-corrected chi connectivity index (χ3v) is 1.98. The third kappa shape index (κ3) is 4.23. The van der Waals surface area contributed by atoms with Gasteiger partial charge in [0, 0.05) is 7.05 Å². The molecule has 1 unspecified atom stereocenters. The fourth-order valence-corrected chi connectivity index (χ4v) is 1.21. The van der Waals surface area contributed by atoms with Crippen molar-refractivity contribution < 1.29 is 14.3 Å². The van der Waals surface area contributed by atoms with E-state index in [1.165, 1.54) is 0 Å². The number of ether oxygens (including phenoxy) is 1. The van der Waals surface area contributed by atoms with Crippen LogP contribution >= 0.6 is 0 Å². The summed E-state index contributed by atoms with van der Waals surface area (Å²) in [5.41, 5.74) is 0. The molecular weight excluding hydrogens is 184 g/mol. The highest BCUT2D eigenvalue weighted by molar-refractivity contribution is 5.81. The van der Waals surface area contributed by atoms with Gasteiger partial charge < -0.3 is 10.1 Å². The number of rotatable bonds is 7. The van der Waals surface area contributed by atoms with Gasteiger partial charge in [-0.2, -0.15) is 0 Å². The van der Waals surface area contributed by atoms with E-state index in [2.05, 4.69) is 10.1 Å². The van der Waals surface area contributed by atoms with Gasteiger partial charge in [0.25, 0.3) is 6.47 Å². The lowest BCUT2D eigenvalue weighted by Crippen LogP contribution is -2.47. The summed E-state index contributed by atoms with van der Waals surface area (Å²) in [6, 6.07) is -0.398. The molecule has 1 amide bonds. The Hall–Kier alpha value is -1.10. The van der Waals surface area contributed by atoms with Crippen molar-refractivity contribution in [3.05, 3.63) is 0 Å². The second kappa shape index (κ2) is 7.32. The zero-order valence-corrected chi connectivity index (χ0v) is 8.95. The normalized spacial score (nSPS) is 12.3.